The van der Waals surface area contributed by atoms with Crippen molar-refractivity contribution in [3.8, 4) is 0 Å². The van der Waals surface area contributed by atoms with Crippen LogP contribution in [-0.4, -0.2) is 82.0 Å². The van der Waals surface area contributed by atoms with Gasteiger partial charge in [0.2, 0.25) is 0 Å². The van der Waals surface area contributed by atoms with Crippen LogP contribution < -0.4 is 16.0 Å². The van der Waals surface area contributed by atoms with E-state index >= 15 is 0 Å². The fourth-order valence-electron chi connectivity index (χ4n) is 3.72. The van der Waals surface area contributed by atoms with Gasteiger partial charge in [-0.25, -0.2) is 0 Å². The lowest BCUT2D eigenvalue weighted by Crippen LogP contribution is -2.53. The summed E-state index contributed by atoms with van der Waals surface area (Å²) in [6, 6.07) is 0. The van der Waals surface area contributed by atoms with Crippen molar-refractivity contribution < 1.29 is 27.4 Å². The van der Waals surface area contributed by atoms with Crippen molar-refractivity contribution in [3.63, 3.8) is 0 Å². The fraction of sp³-hybridized carbons (Fsp3) is 1.00. The molecule has 0 radical (unpaired) electrons. The lowest BCUT2D eigenvalue weighted by Gasteiger charge is -2.33. The van der Waals surface area contributed by atoms with Crippen molar-refractivity contribution in [1.29, 1.82) is 0 Å². The zero-order chi connectivity index (χ0) is 18.3. The summed E-state index contributed by atoms with van der Waals surface area (Å²) in [5, 5.41) is 10.3. The van der Waals surface area contributed by atoms with Crippen LogP contribution in [-0.2, 0) is 27.4 Å². The molecule has 9 nitrogen and oxygen atoms in total. The van der Waals surface area contributed by atoms with E-state index in [9.17, 15) is 0 Å². The van der Waals surface area contributed by atoms with Gasteiger partial charge in [0.15, 0.2) is 0 Å². The summed E-state index contributed by atoms with van der Waals surface area (Å²) >= 11 is 0. The monoisotopic (exact) mass is 375 g/mol. The molecular weight excluding hydrogens is 347 g/mol. The molecule has 3 N–H and O–H groups in total. The Kier molecular flexibility index (Phi) is 8.05. The summed E-state index contributed by atoms with van der Waals surface area (Å²) in [6.45, 7) is 4.90. The molecule has 5 rings (SSSR count). The number of rotatable bonds is 0. The van der Waals surface area contributed by atoms with E-state index in [1.54, 1.807) is 0 Å². The Hall–Kier alpha value is 0.0296. The SMILES string of the molecule is C1CB2OB3CCNCCB4OB(CCN1)OB(CCNCCB(O2)O3)O4. The molecule has 5 heterocycles. The minimum Gasteiger partial charge on any atom is -0.452 e. The Balaban J connectivity index is 1.45. The van der Waals surface area contributed by atoms with Crippen molar-refractivity contribution >= 4 is 42.7 Å². The van der Waals surface area contributed by atoms with E-state index in [1.807, 2.05) is 0 Å². The zero-order valence-corrected chi connectivity index (χ0v) is 15.9. The van der Waals surface area contributed by atoms with Gasteiger partial charge in [0, 0.05) is 0 Å². The molecule has 27 heavy (non-hydrogen) atoms. The second-order valence-electron chi connectivity index (χ2n) is 7.38. The molecule has 15 heteroatoms. The van der Waals surface area contributed by atoms with Gasteiger partial charge in [0.1, 0.15) is 0 Å². The van der Waals surface area contributed by atoms with Crippen LogP contribution in [0.3, 0.4) is 0 Å². The number of hydrogen-bond acceptors (Lipinski definition) is 9. The van der Waals surface area contributed by atoms with Gasteiger partial charge < -0.3 is 43.4 Å². The van der Waals surface area contributed by atoms with E-state index in [-0.39, 0.29) is 42.7 Å². The van der Waals surface area contributed by atoms with Crippen molar-refractivity contribution in [2.75, 3.05) is 39.3 Å². The van der Waals surface area contributed by atoms with E-state index in [1.165, 1.54) is 0 Å². The molecule has 0 atom stereocenters. The van der Waals surface area contributed by atoms with E-state index in [4.69, 9.17) is 27.4 Å². The second-order valence-corrected chi connectivity index (χ2v) is 7.38. The highest BCUT2D eigenvalue weighted by Gasteiger charge is 2.41. The first-order valence-electron chi connectivity index (χ1n) is 10.4. The van der Waals surface area contributed by atoms with E-state index in [0.717, 1.165) is 77.2 Å². The molecule has 0 aromatic carbocycles. The summed E-state index contributed by atoms with van der Waals surface area (Å²) in [5.74, 6) is 0. The number of hydrogen-bond donors (Lipinski definition) is 3. The highest BCUT2D eigenvalue weighted by molar-refractivity contribution is 6.74. The molecule has 0 aromatic rings. The molecule has 0 spiro atoms. The minimum atomic E-state index is -0.230. The Morgan fingerprint density at radius 2 is 0.519 bits per heavy atom. The first-order chi connectivity index (χ1) is 13.3. The maximum absolute atomic E-state index is 5.99. The predicted molar refractivity (Wildman–Crippen MR) is 108 cm³/mol. The normalized spacial score (nSPS) is 26.7. The van der Waals surface area contributed by atoms with E-state index in [0.29, 0.717) is 0 Å². The molecule has 5 saturated heterocycles. The number of fused-ring (bicyclic) bond motifs is 12. The Bertz CT molecular complexity index is 352. The van der Waals surface area contributed by atoms with Crippen LogP contribution in [0.1, 0.15) is 0 Å². The van der Waals surface area contributed by atoms with Gasteiger partial charge in [0.05, 0.1) is 0 Å². The molecule has 0 aliphatic carbocycles. The average molecular weight is 374 g/mol. The molecule has 0 unspecified atom stereocenters. The maximum atomic E-state index is 5.99. The topological polar surface area (TPSA) is 91.5 Å². The lowest BCUT2D eigenvalue weighted by molar-refractivity contribution is 0.273. The molecule has 5 aliphatic heterocycles. The van der Waals surface area contributed by atoms with E-state index in [2.05, 4.69) is 16.0 Å². The van der Waals surface area contributed by atoms with Crippen molar-refractivity contribution in [2.45, 2.75) is 37.9 Å². The van der Waals surface area contributed by atoms with Crippen LogP contribution in [0.2, 0.25) is 37.9 Å². The van der Waals surface area contributed by atoms with Crippen LogP contribution in [0.25, 0.3) is 0 Å². The van der Waals surface area contributed by atoms with Crippen LogP contribution in [0.4, 0.5) is 0 Å². The molecular formula is C12H27B6N3O6. The Labute approximate surface area is 163 Å². The zero-order valence-electron chi connectivity index (χ0n) is 15.9. The quantitative estimate of drug-likeness (QED) is 0.454. The summed E-state index contributed by atoms with van der Waals surface area (Å²) < 4.78 is 35.9. The first-order valence-corrected chi connectivity index (χ1v) is 10.4. The molecule has 144 valence electrons. The van der Waals surface area contributed by atoms with Crippen LogP contribution in [0.15, 0.2) is 0 Å². The molecule has 5 fully saturated rings. The van der Waals surface area contributed by atoms with Gasteiger partial charge >= 0.3 is 42.7 Å². The summed E-state index contributed by atoms with van der Waals surface area (Å²) in [6.07, 6.45) is 4.74. The predicted octanol–water partition coefficient (Wildman–Crippen LogP) is -1.16. The lowest BCUT2D eigenvalue weighted by atomic mass is 9.64. The largest absolute Gasteiger partial charge is 0.452 e. The Morgan fingerprint density at radius 1 is 0.333 bits per heavy atom. The third-order valence-corrected chi connectivity index (χ3v) is 5.16. The maximum Gasteiger partial charge on any atom is 0.430 e. The minimum absolute atomic E-state index is 0.230. The smallest absolute Gasteiger partial charge is 0.430 e. The van der Waals surface area contributed by atoms with Crippen LogP contribution in [0.5, 0.6) is 0 Å². The third-order valence-electron chi connectivity index (χ3n) is 5.16. The second kappa shape index (κ2) is 10.7. The first kappa shape index (κ1) is 20.3. The third kappa shape index (κ3) is 6.52. The van der Waals surface area contributed by atoms with Gasteiger partial charge in [-0.05, 0) is 77.2 Å². The fourth-order valence-corrected chi connectivity index (χ4v) is 3.72. The molecule has 0 amide bonds. The van der Waals surface area contributed by atoms with Crippen LogP contribution >= 0.6 is 0 Å². The highest BCUT2D eigenvalue weighted by Crippen LogP contribution is 2.18. The molecule has 6 bridgehead atoms. The summed E-state index contributed by atoms with van der Waals surface area (Å²) in [4.78, 5) is 0. The van der Waals surface area contributed by atoms with Gasteiger partial charge in [0.25, 0.3) is 0 Å². The van der Waals surface area contributed by atoms with Gasteiger partial charge in [-0.15, -0.1) is 0 Å². The molecule has 5 aliphatic rings. The van der Waals surface area contributed by atoms with Crippen molar-refractivity contribution in [3.05, 3.63) is 0 Å². The van der Waals surface area contributed by atoms with Gasteiger partial charge in [-0.3, -0.25) is 0 Å². The van der Waals surface area contributed by atoms with Gasteiger partial charge in [-0.1, -0.05) is 0 Å². The Morgan fingerprint density at radius 3 is 0.704 bits per heavy atom. The average Bonchev–Trinajstić information content (AvgIpc) is 2.66. The molecule has 0 saturated carbocycles. The summed E-state index contributed by atoms with van der Waals surface area (Å²) in [5.41, 5.74) is 0. The highest BCUT2D eigenvalue weighted by atomic mass is 16.7. The number of nitrogens with one attached hydrogen (secondary N) is 3. The van der Waals surface area contributed by atoms with Crippen LogP contribution in [0, 0.1) is 0 Å². The van der Waals surface area contributed by atoms with E-state index < -0.39 is 0 Å². The van der Waals surface area contributed by atoms with Crippen molar-refractivity contribution in [2.24, 2.45) is 0 Å². The van der Waals surface area contributed by atoms with Crippen molar-refractivity contribution in [1.82, 2.24) is 16.0 Å². The standard InChI is InChI=1S/C12H27B6N3O6/c1-7-19-8-2-16-25-17-5-11-20-9-3-14-22-13(1)23-15(24-14)4-10-21-12-6-18(26-16)27-17/h19-21H,1-12H2. The van der Waals surface area contributed by atoms with Gasteiger partial charge in [-0.2, -0.15) is 0 Å². The molecule has 0 aromatic heterocycles. The summed E-state index contributed by atoms with van der Waals surface area (Å²) in [7, 11) is -1.38.